The first kappa shape index (κ1) is 14.2. The third kappa shape index (κ3) is 3.21. The molecule has 0 aliphatic rings. The van der Waals surface area contributed by atoms with Gasteiger partial charge in [0.2, 0.25) is 0 Å². The van der Waals surface area contributed by atoms with Crippen LogP contribution < -0.4 is 11.1 Å². The van der Waals surface area contributed by atoms with E-state index in [1.807, 2.05) is 0 Å². The molecular formula is C13H10ClF2N3O. The lowest BCUT2D eigenvalue weighted by Gasteiger charge is -2.08. The second kappa shape index (κ2) is 5.83. The number of carbonyl (C=O) groups is 1. The van der Waals surface area contributed by atoms with Crippen molar-refractivity contribution in [3.63, 3.8) is 0 Å². The summed E-state index contributed by atoms with van der Waals surface area (Å²) >= 11 is 5.77. The Bertz CT molecular complexity index is 664. The van der Waals surface area contributed by atoms with Crippen LogP contribution in [0.15, 0.2) is 30.5 Å². The molecule has 3 N–H and O–H groups in total. The predicted molar refractivity (Wildman–Crippen MR) is 71.2 cm³/mol. The van der Waals surface area contributed by atoms with Gasteiger partial charge in [-0.25, -0.2) is 13.8 Å². The van der Waals surface area contributed by atoms with Crippen molar-refractivity contribution < 1.29 is 13.6 Å². The summed E-state index contributed by atoms with van der Waals surface area (Å²) in [6, 6.07) is 4.48. The Labute approximate surface area is 118 Å². The molecule has 20 heavy (non-hydrogen) atoms. The minimum Gasteiger partial charge on any atom is -0.397 e. The molecule has 2 rings (SSSR count). The molecule has 2 aromatic rings. The predicted octanol–water partition coefficient (Wildman–Crippen LogP) is 2.53. The van der Waals surface area contributed by atoms with Crippen molar-refractivity contribution in [1.29, 1.82) is 0 Å². The van der Waals surface area contributed by atoms with Gasteiger partial charge >= 0.3 is 0 Å². The highest BCUT2D eigenvalue weighted by Gasteiger charge is 2.12. The van der Waals surface area contributed by atoms with Gasteiger partial charge in [0.15, 0.2) is 0 Å². The fourth-order valence-electron chi connectivity index (χ4n) is 1.56. The first-order chi connectivity index (χ1) is 9.47. The van der Waals surface area contributed by atoms with Crippen LogP contribution in [0.4, 0.5) is 14.5 Å². The smallest absolute Gasteiger partial charge is 0.254 e. The number of nitrogens with two attached hydrogens (primary N) is 1. The van der Waals surface area contributed by atoms with E-state index in [0.717, 1.165) is 12.1 Å². The summed E-state index contributed by atoms with van der Waals surface area (Å²) in [5, 5.41) is 2.46. The zero-order valence-electron chi connectivity index (χ0n) is 10.2. The first-order valence-corrected chi connectivity index (χ1v) is 5.98. The Morgan fingerprint density at radius 3 is 2.80 bits per heavy atom. The van der Waals surface area contributed by atoms with Gasteiger partial charge in [-0.15, -0.1) is 0 Å². The summed E-state index contributed by atoms with van der Waals surface area (Å²) in [7, 11) is 0. The first-order valence-electron chi connectivity index (χ1n) is 5.60. The van der Waals surface area contributed by atoms with Gasteiger partial charge in [0, 0.05) is 18.2 Å². The van der Waals surface area contributed by atoms with Gasteiger partial charge in [-0.05, 0) is 12.1 Å². The third-order valence-electron chi connectivity index (χ3n) is 2.56. The molecule has 0 radical (unpaired) electrons. The number of pyridine rings is 1. The van der Waals surface area contributed by atoms with Gasteiger partial charge in [-0.1, -0.05) is 17.7 Å². The van der Waals surface area contributed by atoms with E-state index >= 15 is 0 Å². The largest absolute Gasteiger partial charge is 0.397 e. The van der Waals surface area contributed by atoms with Gasteiger partial charge in [-0.3, -0.25) is 4.79 Å². The van der Waals surface area contributed by atoms with E-state index in [1.54, 1.807) is 0 Å². The summed E-state index contributed by atoms with van der Waals surface area (Å²) in [6.45, 7) is -0.101. The molecular weight excluding hydrogens is 288 g/mol. The fourth-order valence-corrected chi connectivity index (χ4v) is 1.75. The summed E-state index contributed by atoms with van der Waals surface area (Å²) in [4.78, 5) is 15.6. The summed E-state index contributed by atoms with van der Waals surface area (Å²) in [6.07, 6.45) is 1.32. The quantitative estimate of drug-likeness (QED) is 0.856. The average Bonchev–Trinajstić information content (AvgIpc) is 2.40. The second-order valence-corrected chi connectivity index (χ2v) is 4.38. The van der Waals surface area contributed by atoms with E-state index in [2.05, 4.69) is 10.3 Å². The molecule has 0 saturated carbocycles. The molecule has 0 atom stereocenters. The molecule has 0 unspecified atom stereocenters. The van der Waals surface area contributed by atoms with Crippen molar-refractivity contribution in [2.45, 2.75) is 6.54 Å². The molecule has 1 aromatic heterocycles. The molecule has 7 heteroatoms. The Hall–Kier alpha value is -2.21. The number of aromatic nitrogens is 1. The maximum Gasteiger partial charge on any atom is 0.254 e. The van der Waals surface area contributed by atoms with E-state index < -0.39 is 17.5 Å². The molecule has 4 nitrogen and oxygen atoms in total. The fraction of sp³-hybridized carbons (Fsp3) is 0.0769. The number of amides is 1. The van der Waals surface area contributed by atoms with Crippen molar-refractivity contribution >= 4 is 23.2 Å². The van der Waals surface area contributed by atoms with Crippen molar-refractivity contribution in [3.8, 4) is 0 Å². The van der Waals surface area contributed by atoms with Gasteiger partial charge in [0.05, 0.1) is 17.4 Å². The van der Waals surface area contributed by atoms with Gasteiger partial charge < -0.3 is 11.1 Å². The van der Waals surface area contributed by atoms with E-state index in [1.165, 1.54) is 18.3 Å². The number of anilines is 1. The lowest BCUT2D eigenvalue weighted by molar-refractivity contribution is 0.0950. The number of nitrogens with zero attached hydrogens (tertiary/aromatic N) is 1. The SMILES string of the molecule is Nc1cnc(Cl)c(C(=O)NCc2ccc(F)cc2F)c1. The second-order valence-electron chi connectivity index (χ2n) is 4.03. The van der Waals surface area contributed by atoms with Crippen molar-refractivity contribution in [1.82, 2.24) is 10.3 Å². The molecule has 104 valence electrons. The molecule has 1 amide bonds. The van der Waals surface area contributed by atoms with Crippen LogP contribution in [0.3, 0.4) is 0 Å². The van der Waals surface area contributed by atoms with Crippen LogP contribution in [0.2, 0.25) is 5.15 Å². The Morgan fingerprint density at radius 1 is 1.35 bits per heavy atom. The number of nitrogen functional groups attached to an aromatic ring is 1. The van der Waals surface area contributed by atoms with Crippen LogP contribution in [0, 0.1) is 11.6 Å². The van der Waals surface area contributed by atoms with Crippen molar-refractivity contribution in [2.75, 3.05) is 5.73 Å². The maximum absolute atomic E-state index is 13.4. The van der Waals surface area contributed by atoms with Crippen LogP contribution in [-0.2, 0) is 6.54 Å². The minimum atomic E-state index is -0.734. The van der Waals surface area contributed by atoms with Crippen LogP contribution in [0.5, 0.6) is 0 Å². The number of halogens is 3. The molecule has 1 heterocycles. The van der Waals surface area contributed by atoms with E-state index in [-0.39, 0.29) is 28.5 Å². The molecule has 1 aromatic carbocycles. The third-order valence-corrected chi connectivity index (χ3v) is 2.86. The number of carbonyl (C=O) groups excluding carboxylic acids is 1. The van der Waals surface area contributed by atoms with Crippen LogP contribution in [0.25, 0.3) is 0 Å². The highest BCUT2D eigenvalue weighted by atomic mass is 35.5. The lowest BCUT2D eigenvalue weighted by Crippen LogP contribution is -2.24. The van der Waals surface area contributed by atoms with E-state index in [4.69, 9.17) is 17.3 Å². The highest BCUT2D eigenvalue weighted by molar-refractivity contribution is 6.32. The molecule has 0 bridgehead atoms. The molecule has 0 spiro atoms. The zero-order chi connectivity index (χ0) is 14.7. The van der Waals surface area contributed by atoms with E-state index in [0.29, 0.717) is 0 Å². The highest BCUT2D eigenvalue weighted by Crippen LogP contribution is 2.16. The Morgan fingerprint density at radius 2 is 2.10 bits per heavy atom. The summed E-state index contributed by atoms with van der Waals surface area (Å²) in [5.41, 5.74) is 6.05. The van der Waals surface area contributed by atoms with Gasteiger partial charge in [0.25, 0.3) is 5.91 Å². The zero-order valence-corrected chi connectivity index (χ0v) is 10.9. The lowest BCUT2D eigenvalue weighted by atomic mass is 10.2. The summed E-state index contributed by atoms with van der Waals surface area (Å²) in [5.74, 6) is -1.96. The topological polar surface area (TPSA) is 68.0 Å². The van der Waals surface area contributed by atoms with Crippen molar-refractivity contribution in [3.05, 3.63) is 58.4 Å². The number of nitrogens with one attached hydrogen (secondary N) is 1. The number of benzene rings is 1. The molecule has 0 aliphatic heterocycles. The number of hydrogen-bond acceptors (Lipinski definition) is 3. The van der Waals surface area contributed by atoms with Crippen LogP contribution >= 0.6 is 11.6 Å². The average molecular weight is 298 g/mol. The maximum atomic E-state index is 13.4. The molecule has 0 aliphatic carbocycles. The van der Waals surface area contributed by atoms with Gasteiger partial charge in [0.1, 0.15) is 16.8 Å². The monoisotopic (exact) mass is 297 g/mol. The molecule has 0 fully saturated rings. The number of rotatable bonds is 3. The van der Waals surface area contributed by atoms with Gasteiger partial charge in [-0.2, -0.15) is 0 Å². The minimum absolute atomic E-state index is 0.00345. The van der Waals surface area contributed by atoms with Crippen LogP contribution in [-0.4, -0.2) is 10.9 Å². The van der Waals surface area contributed by atoms with Crippen molar-refractivity contribution in [2.24, 2.45) is 0 Å². The standard InChI is InChI=1S/C13H10ClF2N3O/c14-12-10(4-9(17)6-18-12)13(20)19-5-7-1-2-8(15)3-11(7)16/h1-4,6H,5,17H2,(H,19,20). The number of hydrogen-bond donors (Lipinski definition) is 2. The van der Waals surface area contributed by atoms with Crippen LogP contribution in [0.1, 0.15) is 15.9 Å². The Balaban J connectivity index is 2.10. The normalized spacial score (nSPS) is 10.3. The molecule has 0 saturated heterocycles. The Kier molecular flexibility index (Phi) is 4.14. The van der Waals surface area contributed by atoms with E-state index in [9.17, 15) is 13.6 Å². The summed E-state index contributed by atoms with van der Waals surface area (Å²) < 4.78 is 26.1.